The van der Waals surface area contributed by atoms with Gasteiger partial charge < -0.3 is 0 Å². The molecule has 1 heterocycles. The molecule has 3 aromatic rings. The number of hydrogen-bond acceptors (Lipinski definition) is 1. The Labute approximate surface area is 149 Å². The molecule has 0 aliphatic heterocycles. The van der Waals surface area contributed by atoms with Crippen LogP contribution >= 0.6 is 0 Å². The van der Waals surface area contributed by atoms with Crippen molar-refractivity contribution in [3.63, 3.8) is 0 Å². The Balaban J connectivity index is 1.87. The Morgan fingerprint density at radius 1 is 0.760 bits per heavy atom. The topological polar surface area (TPSA) is 12.9 Å². The van der Waals surface area contributed by atoms with E-state index >= 15 is 0 Å². The summed E-state index contributed by atoms with van der Waals surface area (Å²) in [6.07, 6.45) is 8.68. The lowest BCUT2D eigenvalue weighted by Crippen LogP contribution is -1.96. The highest BCUT2D eigenvalue weighted by Gasteiger charge is 2.11. The highest BCUT2D eigenvalue weighted by molar-refractivity contribution is 5.76. The second-order valence-electron chi connectivity index (χ2n) is 6.52. The average molecular weight is 323 g/mol. The van der Waals surface area contributed by atoms with Crippen LogP contribution in [0.5, 0.6) is 0 Å². The molecule has 1 aromatic heterocycles. The van der Waals surface area contributed by atoms with Gasteiger partial charge in [-0.1, -0.05) is 78.4 Å². The summed E-state index contributed by atoms with van der Waals surface area (Å²) >= 11 is 0. The van der Waals surface area contributed by atoms with Crippen molar-refractivity contribution in [2.45, 2.75) is 19.8 Å². The fourth-order valence-corrected chi connectivity index (χ4v) is 3.18. The number of hydrogen-bond donors (Lipinski definition) is 0. The van der Waals surface area contributed by atoms with E-state index in [9.17, 15) is 0 Å². The molecule has 1 aliphatic rings. The summed E-state index contributed by atoms with van der Waals surface area (Å²) in [6.45, 7) is 2.12. The van der Waals surface area contributed by atoms with E-state index in [1.807, 2.05) is 6.07 Å². The third-order valence-electron chi connectivity index (χ3n) is 4.62. The smallest absolute Gasteiger partial charge is 0.0715 e. The lowest BCUT2D eigenvalue weighted by molar-refractivity contribution is 1.04. The van der Waals surface area contributed by atoms with Crippen molar-refractivity contribution in [1.29, 1.82) is 0 Å². The van der Waals surface area contributed by atoms with E-state index in [0.717, 1.165) is 29.8 Å². The zero-order valence-electron chi connectivity index (χ0n) is 14.4. The summed E-state index contributed by atoms with van der Waals surface area (Å²) in [7, 11) is 0. The highest BCUT2D eigenvalue weighted by atomic mass is 14.7. The number of aromatic nitrogens is 1. The molecule has 1 aliphatic carbocycles. The Morgan fingerprint density at radius 2 is 1.52 bits per heavy atom. The molecule has 0 spiro atoms. The summed E-state index contributed by atoms with van der Waals surface area (Å²) in [4.78, 5) is 4.97. The van der Waals surface area contributed by atoms with Crippen LogP contribution in [0.4, 0.5) is 0 Å². The van der Waals surface area contributed by atoms with Crippen LogP contribution in [0.3, 0.4) is 0 Å². The van der Waals surface area contributed by atoms with Gasteiger partial charge in [-0.05, 0) is 48.6 Å². The predicted molar refractivity (Wildman–Crippen MR) is 106 cm³/mol. The van der Waals surface area contributed by atoms with E-state index < -0.39 is 0 Å². The van der Waals surface area contributed by atoms with Gasteiger partial charge in [0.2, 0.25) is 0 Å². The zero-order valence-corrected chi connectivity index (χ0v) is 14.4. The molecule has 0 amide bonds. The largest absolute Gasteiger partial charge is 0.248 e. The molecule has 4 rings (SSSR count). The molecule has 0 unspecified atom stereocenters. The van der Waals surface area contributed by atoms with E-state index in [1.54, 1.807) is 0 Å². The van der Waals surface area contributed by atoms with Gasteiger partial charge in [0.1, 0.15) is 0 Å². The minimum absolute atomic E-state index is 1.03. The van der Waals surface area contributed by atoms with Crippen LogP contribution in [0.25, 0.3) is 28.0 Å². The zero-order chi connectivity index (χ0) is 17.1. The molecular weight excluding hydrogens is 302 g/mol. The van der Waals surface area contributed by atoms with Gasteiger partial charge in [0.05, 0.1) is 11.4 Å². The van der Waals surface area contributed by atoms with Gasteiger partial charge in [0, 0.05) is 5.56 Å². The fraction of sp³-hybridized carbons (Fsp3) is 0.125. The molecule has 0 saturated carbocycles. The minimum atomic E-state index is 1.03. The van der Waals surface area contributed by atoms with Gasteiger partial charge in [-0.25, -0.2) is 4.98 Å². The van der Waals surface area contributed by atoms with E-state index in [0.29, 0.717) is 0 Å². The third kappa shape index (κ3) is 3.46. The molecule has 2 aromatic carbocycles. The Hall–Kier alpha value is -2.93. The standard InChI is InChI=1S/C24H21N/c1-18-12-14-19(15-13-18)22-16-23(20-8-4-2-5-9-20)25-24(17-22)21-10-6-3-7-11-21/h2-6,8-10,12-17H,7,11H2,1H3. The molecule has 1 nitrogen and oxygen atoms in total. The van der Waals surface area contributed by atoms with Crippen LogP contribution in [0.2, 0.25) is 0 Å². The maximum atomic E-state index is 4.97. The molecule has 0 saturated heterocycles. The number of allylic oxidation sites excluding steroid dienone is 4. The lowest BCUT2D eigenvalue weighted by Gasteiger charge is -2.13. The van der Waals surface area contributed by atoms with Gasteiger partial charge in [-0.2, -0.15) is 0 Å². The van der Waals surface area contributed by atoms with Crippen LogP contribution in [0.1, 0.15) is 24.1 Å². The van der Waals surface area contributed by atoms with Crippen molar-refractivity contribution in [2.24, 2.45) is 0 Å². The maximum Gasteiger partial charge on any atom is 0.0715 e. The normalized spacial score (nSPS) is 13.6. The van der Waals surface area contributed by atoms with Gasteiger partial charge in [0.25, 0.3) is 0 Å². The Bertz CT molecular complexity index is 932. The number of benzene rings is 2. The second-order valence-corrected chi connectivity index (χ2v) is 6.52. The number of nitrogens with zero attached hydrogens (tertiary/aromatic N) is 1. The first kappa shape index (κ1) is 15.6. The lowest BCUT2D eigenvalue weighted by atomic mass is 9.96. The van der Waals surface area contributed by atoms with Crippen LogP contribution in [-0.4, -0.2) is 4.98 Å². The first-order valence-electron chi connectivity index (χ1n) is 8.80. The van der Waals surface area contributed by atoms with Crippen LogP contribution in [0.15, 0.2) is 85.0 Å². The number of rotatable bonds is 3. The molecule has 1 heteroatoms. The van der Waals surface area contributed by atoms with Crippen molar-refractivity contribution in [3.05, 3.63) is 96.2 Å². The molecule has 0 N–H and O–H groups in total. The van der Waals surface area contributed by atoms with Gasteiger partial charge in [-0.15, -0.1) is 0 Å². The third-order valence-corrected chi connectivity index (χ3v) is 4.62. The maximum absolute atomic E-state index is 4.97. The monoisotopic (exact) mass is 323 g/mol. The summed E-state index contributed by atoms with van der Waals surface area (Å²) in [5.41, 5.74) is 8.32. The molecule has 0 radical (unpaired) electrons. The van der Waals surface area contributed by atoms with Gasteiger partial charge >= 0.3 is 0 Å². The molecule has 0 fully saturated rings. The minimum Gasteiger partial charge on any atom is -0.248 e. The van der Waals surface area contributed by atoms with Crippen molar-refractivity contribution < 1.29 is 0 Å². The van der Waals surface area contributed by atoms with Crippen molar-refractivity contribution in [3.8, 4) is 22.4 Å². The fourth-order valence-electron chi connectivity index (χ4n) is 3.18. The summed E-state index contributed by atoms with van der Waals surface area (Å²) < 4.78 is 0. The summed E-state index contributed by atoms with van der Waals surface area (Å²) in [5.74, 6) is 0. The Morgan fingerprint density at radius 3 is 2.24 bits per heavy atom. The second kappa shape index (κ2) is 6.90. The number of aryl methyl sites for hydroxylation is 1. The number of pyridine rings is 1. The predicted octanol–water partition coefficient (Wildman–Crippen LogP) is 6.46. The van der Waals surface area contributed by atoms with Crippen molar-refractivity contribution in [1.82, 2.24) is 4.98 Å². The summed E-state index contributed by atoms with van der Waals surface area (Å²) in [6, 6.07) is 23.6. The summed E-state index contributed by atoms with van der Waals surface area (Å²) in [5, 5.41) is 0. The van der Waals surface area contributed by atoms with E-state index in [2.05, 4.69) is 85.8 Å². The first-order valence-corrected chi connectivity index (χ1v) is 8.80. The van der Waals surface area contributed by atoms with Gasteiger partial charge in [0.15, 0.2) is 0 Å². The molecule has 0 atom stereocenters. The van der Waals surface area contributed by atoms with Crippen LogP contribution in [0, 0.1) is 6.92 Å². The van der Waals surface area contributed by atoms with Crippen molar-refractivity contribution >= 4 is 5.57 Å². The van der Waals surface area contributed by atoms with Crippen LogP contribution < -0.4 is 0 Å². The molecule has 122 valence electrons. The first-order chi connectivity index (χ1) is 12.3. The van der Waals surface area contributed by atoms with E-state index in [-0.39, 0.29) is 0 Å². The average Bonchev–Trinajstić information content (AvgIpc) is 2.69. The van der Waals surface area contributed by atoms with Crippen molar-refractivity contribution in [2.75, 3.05) is 0 Å². The van der Waals surface area contributed by atoms with E-state index in [4.69, 9.17) is 4.98 Å². The quantitative estimate of drug-likeness (QED) is 0.539. The van der Waals surface area contributed by atoms with Gasteiger partial charge in [-0.3, -0.25) is 0 Å². The Kier molecular flexibility index (Phi) is 4.30. The van der Waals surface area contributed by atoms with E-state index in [1.165, 1.54) is 22.3 Å². The molecule has 25 heavy (non-hydrogen) atoms. The molecule has 0 bridgehead atoms. The molecular formula is C24H21N. The highest BCUT2D eigenvalue weighted by Crippen LogP contribution is 2.31. The van der Waals surface area contributed by atoms with Crippen LogP contribution in [-0.2, 0) is 0 Å². The SMILES string of the molecule is Cc1ccc(-c2cc(C3=CC=CCC3)nc(-c3ccccc3)c2)cc1.